The number of carboxylic acid groups (broad SMARTS) is 1. The summed E-state index contributed by atoms with van der Waals surface area (Å²) in [5, 5.41) is 12.0. The van der Waals surface area contributed by atoms with Crippen LogP contribution in [0.1, 0.15) is 5.56 Å². The first-order valence-electron chi connectivity index (χ1n) is 4.41. The number of nitrogens with one attached hydrogen (secondary N) is 1. The molecular weight excluding hydrogens is 218 g/mol. The third-order valence-corrected chi connectivity index (χ3v) is 1.98. The Morgan fingerprint density at radius 1 is 1.60 bits per heavy atom. The van der Waals surface area contributed by atoms with Crippen LogP contribution in [-0.2, 0) is 11.3 Å². The van der Waals surface area contributed by atoms with Crippen LogP contribution in [0.25, 0.3) is 0 Å². The summed E-state index contributed by atoms with van der Waals surface area (Å²) >= 11 is 5.82. The van der Waals surface area contributed by atoms with Crippen molar-refractivity contribution >= 4 is 17.6 Å². The fourth-order valence-corrected chi connectivity index (χ4v) is 1.35. The maximum absolute atomic E-state index is 10.3. The van der Waals surface area contributed by atoms with Crippen molar-refractivity contribution in [2.24, 2.45) is 0 Å². The predicted octanol–water partition coefficient (Wildman–Crippen LogP) is 1.52. The summed E-state index contributed by atoms with van der Waals surface area (Å²) in [4.78, 5) is 10.3. The lowest BCUT2D eigenvalue weighted by atomic mass is 10.2. The molecule has 0 aliphatic heterocycles. The van der Waals surface area contributed by atoms with Gasteiger partial charge in [0.1, 0.15) is 5.75 Å². The Morgan fingerprint density at radius 3 is 2.93 bits per heavy atom. The van der Waals surface area contributed by atoms with Crippen molar-refractivity contribution in [2.45, 2.75) is 6.54 Å². The average molecular weight is 230 g/mol. The quantitative estimate of drug-likeness (QED) is 0.804. The SMILES string of the molecule is CNCc1cc(Cl)ccc1OCC(=O)O. The lowest BCUT2D eigenvalue weighted by Crippen LogP contribution is -2.12. The minimum atomic E-state index is -1.000. The lowest BCUT2D eigenvalue weighted by molar-refractivity contribution is -0.139. The van der Waals surface area contributed by atoms with Gasteiger partial charge in [-0.2, -0.15) is 0 Å². The summed E-state index contributed by atoms with van der Waals surface area (Å²) < 4.78 is 5.11. The van der Waals surface area contributed by atoms with Crippen LogP contribution < -0.4 is 10.1 Å². The van der Waals surface area contributed by atoms with Gasteiger partial charge in [0.05, 0.1) is 0 Å². The smallest absolute Gasteiger partial charge is 0.341 e. The van der Waals surface area contributed by atoms with Crippen LogP contribution in [-0.4, -0.2) is 24.7 Å². The number of benzene rings is 1. The summed E-state index contributed by atoms with van der Waals surface area (Å²) in [6.07, 6.45) is 0. The monoisotopic (exact) mass is 229 g/mol. The molecule has 0 radical (unpaired) electrons. The molecule has 0 atom stereocenters. The molecule has 0 fully saturated rings. The van der Waals surface area contributed by atoms with Crippen LogP contribution in [0.15, 0.2) is 18.2 Å². The molecule has 0 saturated heterocycles. The van der Waals surface area contributed by atoms with Gasteiger partial charge >= 0.3 is 5.97 Å². The first kappa shape index (κ1) is 11.8. The largest absolute Gasteiger partial charge is 0.482 e. The number of hydrogen-bond donors (Lipinski definition) is 2. The summed E-state index contributed by atoms with van der Waals surface area (Å²) in [6, 6.07) is 5.07. The van der Waals surface area contributed by atoms with Gasteiger partial charge in [-0.25, -0.2) is 4.79 Å². The van der Waals surface area contributed by atoms with E-state index in [1.165, 1.54) is 0 Å². The molecule has 15 heavy (non-hydrogen) atoms. The van der Waals surface area contributed by atoms with E-state index in [0.717, 1.165) is 5.56 Å². The zero-order valence-corrected chi connectivity index (χ0v) is 9.04. The average Bonchev–Trinajstić information content (AvgIpc) is 2.17. The molecule has 0 bridgehead atoms. The molecule has 0 unspecified atom stereocenters. The van der Waals surface area contributed by atoms with Gasteiger partial charge < -0.3 is 15.2 Å². The second-order valence-electron chi connectivity index (χ2n) is 2.96. The minimum Gasteiger partial charge on any atom is -0.482 e. The molecule has 0 heterocycles. The van der Waals surface area contributed by atoms with E-state index in [0.29, 0.717) is 17.3 Å². The summed E-state index contributed by atoms with van der Waals surface area (Å²) in [5.41, 5.74) is 0.839. The first-order chi connectivity index (χ1) is 7.13. The molecule has 5 heteroatoms. The molecule has 4 nitrogen and oxygen atoms in total. The van der Waals surface area contributed by atoms with Crippen LogP contribution in [0, 0.1) is 0 Å². The first-order valence-corrected chi connectivity index (χ1v) is 4.79. The van der Waals surface area contributed by atoms with Crippen LogP contribution in [0.3, 0.4) is 0 Å². The van der Waals surface area contributed by atoms with Crippen molar-refractivity contribution in [3.8, 4) is 5.75 Å². The molecule has 0 aromatic heterocycles. The minimum absolute atomic E-state index is 0.349. The lowest BCUT2D eigenvalue weighted by Gasteiger charge is -2.09. The second-order valence-corrected chi connectivity index (χ2v) is 3.40. The third kappa shape index (κ3) is 3.77. The maximum Gasteiger partial charge on any atom is 0.341 e. The van der Waals surface area contributed by atoms with Gasteiger partial charge in [-0.05, 0) is 25.2 Å². The van der Waals surface area contributed by atoms with Crippen LogP contribution in [0.4, 0.5) is 0 Å². The maximum atomic E-state index is 10.3. The summed E-state index contributed by atoms with van der Waals surface area (Å²) in [6.45, 7) is 0.230. The van der Waals surface area contributed by atoms with Gasteiger partial charge in [-0.3, -0.25) is 0 Å². The van der Waals surface area contributed by atoms with Crippen molar-refractivity contribution in [3.05, 3.63) is 28.8 Å². The standard InChI is InChI=1S/C10H12ClNO3/c1-12-5-7-4-8(11)2-3-9(7)15-6-10(13)14/h2-4,12H,5-6H2,1H3,(H,13,14). The van der Waals surface area contributed by atoms with E-state index in [9.17, 15) is 4.79 Å². The molecule has 0 spiro atoms. The third-order valence-electron chi connectivity index (χ3n) is 1.74. The molecule has 1 rings (SSSR count). The van der Waals surface area contributed by atoms with Gasteiger partial charge in [0.25, 0.3) is 0 Å². The Kier molecular flexibility index (Phi) is 4.39. The van der Waals surface area contributed by atoms with Crippen LogP contribution >= 0.6 is 11.6 Å². The predicted molar refractivity (Wildman–Crippen MR) is 57.3 cm³/mol. The molecule has 82 valence electrons. The Balaban J connectivity index is 2.80. The highest BCUT2D eigenvalue weighted by molar-refractivity contribution is 6.30. The molecule has 1 aromatic rings. The van der Waals surface area contributed by atoms with Crippen molar-refractivity contribution < 1.29 is 14.6 Å². The van der Waals surface area contributed by atoms with Crippen LogP contribution in [0.2, 0.25) is 5.02 Å². The molecule has 2 N–H and O–H groups in total. The van der Waals surface area contributed by atoms with E-state index in [-0.39, 0.29) is 6.61 Å². The molecule has 0 aliphatic carbocycles. The van der Waals surface area contributed by atoms with E-state index >= 15 is 0 Å². The topological polar surface area (TPSA) is 58.6 Å². The highest BCUT2D eigenvalue weighted by Crippen LogP contribution is 2.22. The van der Waals surface area contributed by atoms with E-state index in [1.54, 1.807) is 25.2 Å². The van der Waals surface area contributed by atoms with Gasteiger partial charge in [0.15, 0.2) is 6.61 Å². The number of carboxylic acids is 1. The highest BCUT2D eigenvalue weighted by Gasteiger charge is 2.05. The Morgan fingerprint density at radius 2 is 2.33 bits per heavy atom. The van der Waals surface area contributed by atoms with Gasteiger partial charge in [0, 0.05) is 17.1 Å². The zero-order valence-electron chi connectivity index (χ0n) is 8.29. The van der Waals surface area contributed by atoms with Crippen molar-refractivity contribution in [2.75, 3.05) is 13.7 Å². The van der Waals surface area contributed by atoms with Crippen molar-refractivity contribution in [1.29, 1.82) is 0 Å². The van der Waals surface area contributed by atoms with Gasteiger partial charge in [0.2, 0.25) is 0 Å². The Hall–Kier alpha value is -1.26. The van der Waals surface area contributed by atoms with Gasteiger partial charge in [-0.1, -0.05) is 11.6 Å². The number of ether oxygens (including phenoxy) is 1. The molecule has 0 aliphatic rings. The van der Waals surface area contributed by atoms with Crippen molar-refractivity contribution in [3.63, 3.8) is 0 Å². The molecule has 0 amide bonds. The Labute approximate surface area is 92.8 Å². The van der Waals surface area contributed by atoms with E-state index in [1.807, 2.05) is 0 Å². The molecular formula is C10H12ClNO3. The number of hydrogen-bond acceptors (Lipinski definition) is 3. The molecule has 0 saturated carbocycles. The van der Waals surface area contributed by atoms with E-state index < -0.39 is 5.97 Å². The van der Waals surface area contributed by atoms with E-state index in [4.69, 9.17) is 21.4 Å². The fourth-order valence-electron chi connectivity index (χ4n) is 1.16. The fraction of sp³-hybridized carbons (Fsp3) is 0.300. The Bertz CT molecular complexity index is 355. The number of aliphatic carboxylic acids is 1. The normalized spacial score (nSPS) is 10.0. The van der Waals surface area contributed by atoms with Gasteiger partial charge in [-0.15, -0.1) is 0 Å². The van der Waals surface area contributed by atoms with Crippen LogP contribution in [0.5, 0.6) is 5.75 Å². The second kappa shape index (κ2) is 5.58. The highest BCUT2D eigenvalue weighted by atomic mass is 35.5. The van der Waals surface area contributed by atoms with E-state index in [2.05, 4.69) is 5.32 Å². The van der Waals surface area contributed by atoms with Crippen molar-refractivity contribution in [1.82, 2.24) is 5.32 Å². The summed E-state index contributed by atoms with van der Waals surface area (Å²) in [5.74, 6) is -0.462. The molecule has 1 aromatic carbocycles. The number of rotatable bonds is 5. The number of carbonyl (C=O) groups is 1. The number of halogens is 1. The zero-order chi connectivity index (χ0) is 11.3. The summed E-state index contributed by atoms with van der Waals surface area (Å²) in [7, 11) is 1.79.